The Kier molecular flexibility index (Phi) is 4.68. The van der Waals surface area contributed by atoms with E-state index in [2.05, 4.69) is 36.7 Å². The van der Waals surface area contributed by atoms with E-state index in [1.807, 2.05) is 18.3 Å². The highest BCUT2D eigenvalue weighted by Gasteiger charge is 2.34. The summed E-state index contributed by atoms with van der Waals surface area (Å²) < 4.78 is 0. The fourth-order valence-corrected chi connectivity index (χ4v) is 4.05. The van der Waals surface area contributed by atoms with Crippen LogP contribution in [0.2, 0.25) is 5.02 Å². The first-order chi connectivity index (χ1) is 12.9. The number of halogens is 1. The first-order valence-corrected chi connectivity index (χ1v) is 9.93. The number of fused-ring (bicyclic) bond motifs is 1. The van der Waals surface area contributed by atoms with Gasteiger partial charge in [0, 0.05) is 24.7 Å². The minimum atomic E-state index is 0.207. The number of anilines is 1. The highest BCUT2D eigenvalue weighted by molar-refractivity contribution is 6.35. The summed E-state index contributed by atoms with van der Waals surface area (Å²) >= 11 is 6.40. The largest absolute Gasteiger partial charge is 0.355 e. The minimum Gasteiger partial charge on any atom is -0.355 e. The van der Waals surface area contributed by atoms with E-state index in [1.54, 1.807) is 0 Å². The summed E-state index contributed by atoms with van der Waals surface area (Å²) in [6, 6.07) is 6.19. The Balaban J connectivity index is 1.56. The molecule has 4 rings (SSSR count). The van der Waals surface area contributed by atoms with Crippen LogP contribution in [0.4, 0.5) is 5.82 Å². The molecule has 2 aliphatic rings. The van der Waals surface area contributed by atoms with E-state index in [0.717, 1.165) is 60.0 Å². The van der Waals surface area contributed by atoms with Crippen LogP contribution in [0.15, 0.2) is 29.4 Å². The van der Waals surface area contributed by atoms with Crippen LogP contribution < -0.4 is 10.6 Å². The van der Waals surface area contributed by atoms with Crippen molar-refractivity contribution in [1.82, 2.24) is 9.97 Å². The normalized spacial score (nSPS) is 19.6. The summed E-state index contributed by atoms with van der Waals surface area (Å²) in [7, 11) is 0. The van der Waals surface area contributed by atoms with Gasteiger partial charge >= 0.3 is 0 Å². The van der Waals surface area contributed by atoms with Crippen molar-refractivity contribution in [3.8, 4) is 0 Å². The maximum absolute atomic E-state index is 6.40. The van der Waals surface area contributed by atoms with Gasteiger partial charge in [-0.15, -0.1) is 0 Å². The molecule has 2 N–H and O–H groups in total. The maximum Gasteiger partial charge on any atom is 0.147 e. The van der Waals surface area contributed by atoms with Crippen molar-refractivity contribution in [3.63, 3.8) is 0 Å². The number of piperidine rings is 1. The first kappa shape index (κ1) is 18.4. The molecule has 1 fully saturated rings. The standard InChI is InChI=1S/C21H26ClN5/c1-13-4-5-16(22)15(10-13)19-20-17(11-24-19)26-18(12-25-20)27-8-6-21(3,7-9-27)14(2)23/h4-5,10,12,14H,6-9,11,23H2,1-3H3. The predicted octanol–water partition coefficient (Wildman–Crippen LogP) is 3.74. The third-order valence-corrected chi connectivity index (χ3v) is 6.48. The van der Waals surface area contributed by atoms with E-state index < -0.39 is 0 Å². The number of aromatic nitrogens is 2. The van der Waals surface area contributed by atoms with Crippen molar-refractivity contribution >= 4 is 23.1 Å². The van der Waals surface area contributed by atoms with E-state index in [9.17, 15) is 0 Å². The lowest BCUT2D eigenvalue weighted by molar-refractivity contribution is 0.205. The van der Waals surface area contributed by atoms with Gasteiger partial charge in [0.25, 0.3) is 0 Å². The second kappa shape index (κ2) is 6.88. The lowest BCUT2D eigenvalue weighted by atomic mass is 9.75. The Morgan fingerprint density at radius 2 is 2.00 bits per heavy atom. The van der Waals surface area contributed by atoms with E-state index >= 15 is 0 Å². The minimum absolute atomic E-state index is 0.207. The molecule has 5 nitrogen and oxygen atoms in total. The van der Waals surface area contributed by atoms with Gasteiger partial charge in [-0.1, -0.05) is 30.2 Å². The molecule has 0 aliphatic carbocycles. The molecule has 0 spiro atoms. The second-order valence-corrected chi connectivity index (χ2v) is 8.51. The van der Waals surface area contributed by atoms with Gasteiger partial charge in [0.15, 0.2) is 0 Å². The van der Waals surface area contributed by atoms with E-state index in [1.165, 1.54) is 0 Å². The number of nitrogens with two attached hydrogens (primary N) is 1. The average molecular weight is 384 g/mol. The molecule has 0 saturated carbocycles. The van der Waals surface area contributed by atoms with Gasteiger partial charge in [-0.25, -0.2) is 9.97 Å². The molecule has 1 unspecified atom stereocenters. The zero-order chi connectivity index (χ0) is 19.2. The monoisotopic (exact) mass is 383 g/mol. The van der Waals surface area contributed by atoms with Crippen molar-refractivity contribution in [2.45, 2.75) is 46.2 Å². The smallest absolute Gasteiger partial charge is 0.147 e. The predicted molar refractivity (Wildman–Crippen MR) is 111 cm³/mol. The van der Waals surface area contributed by atoms with E-state index in [-0.39, 0.29) is 11.5 Å². The number of aliphatic imine (C=N–C) groups is 1. The van der Waals surface area contributed by atoms with Crippen molar-refractivity contribution < 1.29 is 0 Å². The lowest BCUT2D eigenvalue weighted by Gasteiger charge is -2.42. The number of hydrogen-bond donors (Lipinski definition) is 1. The van der Waals surface area contributed by atoms with Crippen LogP contribution in [0.5, 0.6) is 0 Å². The Morgan fingerprint density at radius 3 is 2.70 bits per heavy atom. The number of rotatable bonds is 3. The third-order valence-electron chi connectivity index (χ3n) is 6.15. The molecule has 0 bridgehead atoms. The van der Waals surface area contributed by atoms with Crippen LogP contribution in [0, 0.1) is 12.3 Å². The number of benzene rings is 1. The molecule has 142 valence electrons. The van der Waals surface area contributed by atoms with Crippen molar-refractivity contribution in [3.05, 3.63) is 51.9 Å². The van der Waals surface area contributed by atoms with E-state index in [4.69, 9.17) is 27.3 Å². The zero-order valence-corrected chi connectivity index (χ0v) is 16.9. The van der Waals surface area contributed by atoms with Crippen LogP contribution in [-0.2, 0) is 6.54 Å². The summed E-state index contributed by atoms with van der Waals surface area (Å²) in [5, 5.41) is 0.698. The SMILES string of the molecule is Cc1ccc(Cl)c(C2=NCc3nc(N4CCC(C)(C(C)N)CC4)cnc32)c1. The molecule has 1 aromatic heterocycles. The van der Waals surface area contributed by atoms with Gasteiger partial charge < -0.3 is 10.6 Å². The molecule has 3 heterocycles. The quantitative estimate of drug-likeness (QED) is 0.876. The summed E-state index contributed by atoms with van der Waals surface area (Å²) in [6.45, 7) is 8.93. The number of hydrogen-bond acceptors (Lipinski definition) is 5. The van der Waals surface area contributed by atoms with Gasteiger partial charge in [-0.3, -0.25) is 4.99 Å². The summed E-state index contributed by atoms with van der Waals surface area (Å²) in [5.41, 5.74) is 11.1. The number of aryl methyl sites for hydroxylation is 1. The first-order valence-electron chi connectivity index (χ1n) is 9.55. The van der Waals surface area contributed by atoms with Crippen LogP contribution in [-0.4, -0.2) is 34.8 Å². The van der Waals surface area contributed by atoms with Crippen molar-refractivity contribution in [2.75, 3.05) is 18.0 Å². The summed E-state index contributed by atoms with van der Waals surface area (Å²) in [4.78, 5) is 16.6. The molecule has 1 saturated heterocycles. The van der Waals surface area contributed by atoms with Crippen LogP contribution in [0.3, 0.4) is 0 Å². The third kappa shape index (κ3) is 3.34. The van der Waals surface area contributed by atoms with Gasteiger partial charge in [0.05, 0.1) is 29.2 Å². The van der Waals surface area contributed by atoms with Crippen LogP contribution in [0.1, 0.15) is 49.2 Å². The Morgan fingerprint density at radius 1 is 1.26 bits per heavy atom. The molecule has 0 radical (unpaired) electrons. The van der Waals surface area contributed by atoms with Crippen LogP contribution >= 0.6 is 11.6 Å². The topological polar surface area (TPSA) is 67.4 Å². The van der Waals surface area contributed by atoms with Crippen LogP contribution in [0.25, 0.3) is 0 Å². The molecule has 2 aliphatic heterocycles. The molecule has 6 heteroatoms. The Labute approximate surface area is 165 Å². The number of nitrogens with zero attached hydrogens (tertiary/aromatic N) is 4. The highest BCUT2D eigenvalue weighted by atomic mass is 35.5. The Hall–Kier alpha value is -1.98. The van der Waals surface area contributed by atoms with Gasteiger partial charge in [-0.2, -0.15) is 0 Å². The van der Waals surface area contributed by atoms with E-state index in [0.29, 0.717) is 11.6 Å². The molecular formula is C21H26ClN5. The molecule has 1 atom stereocenters. The fourth-order valence-electron chi connectivity index (χ4n) is 3.84. The van der Waals surface area contributed by atoms with Gasteiger partial charge in [-0.05, 0) is 44.2 Å². The maximum atomic E-state index is 6.40. The second-order valence-electron chi connectivity index (χ2n) is 8.10. The summed E-state index contributed by atoms with van der Waals surface area (Å²) in [6.07, 6.45) is 4.02. The van der Waals surface area contributed by atoms with Gasteiger partial charge in [0.1, 0.15) is 11.5 Å². The Bertz CT molecular complexity index is 897. The molecule has 2 aromatic rings. The van der Waals surface area contributed by atoms with Crippen molar-refractivity contribution in [2.24, 2.45) is 16.1 Å². The molecule has 1 aromatic carbocycles. The zero-order valence-electron chi connectivity index (χ0n) is 16.2. The summed E-state index contributed by atoms with van der Waals surface area (Å²) in [5.74, 6) is 0.937. The lowest BCUT2D eigenvalue weighted by Crippen LogP contribution is -2.47. The van der Waals surface area contributed by atoms with Crippen molar-refractivity contribution in [1.29, 1.82) is 0 Å². The fraction of sp³-hybridized carbons (Fsp3) is 0.476. The highest BCUT2D eigenvalue weighted by Crippen LogP contribution is 2.35. The van der Waals surface area contributed by atoms with Gasteiger partial charge in [0.2, 0.25) is 0 Å². The molecule has 0 amide bonds. The molecular weight excluding hydrogens is 358 g/mol. The molecule has 27 heavy (non-hydrogen) atoms. The average Bonchev–Trinajstić information content (AvgIpc) is 3.07.